The number of carbonyl (C=O) groups is 2. The van der Waals surface area contributed by atoms with Gasteiger partial charge in [-0.3, -0.25) is 9.59 Å². The van der Waals surface area contributed by atoms with Gasteiger partial charge in [-0.15, -0.1) is 0 Å². The molecule has 5 nitrogen and oxygen atoms in total. The summed E-state index contributed by atoms with van der Waals surface area (Å²) < 4.78 is 0. The van der Waals surface area contributed by atoms with Crippen LogP contribution in [-0.4, -0.2) is 23.9 Å². The molecule has 0 heterocycles. The lowest BCUT2D eigenvalue weighted by molar-refractivity contribution is -0.117. The van der Waals surface area contributed by atoms with Crippen LogP contribution in [0.1, 0.15) is 61.7 Å². The number of anilines is 1. The first kappa shape index (κ1) is 17.0. The second-order valence-electron chi connectivity index (χ2n) is 7.16. The Hall–Kier alpha value is -1.88. The summed E-state index contributed by atoms with van der Waals surface area (Å²) in [7, 11) is 0. The summed E-state index contributed by atoms with van der Waals surface area (Å²) in [5.74, 6) is 0.383. The van der Waals surface area contributed by atoms with Crippen molar-refractivity contribution in [1.82, 2.24) is 5.32 Å². The van der Waals surface area contributed by atoms with E-state index >= 15 is 0 Å². The second-order valence-corrected chi connectivity index (χ2v) is 7.16. The van der Waals surface area contributed by atoms with E-state index in [0.717, 1.165) is 19.3 Å². The summed E-state index contributed by atoms with van der Waals surface area (Å²) in [6.45, 7) is 0. The lowest BCUT2D eigenvalue weighted by atomic mass is 9.85. The average Bonchev–Trinajstić information content (AvgIpc) is 3.40. The molecule has 0 aromatic heterocycles. The lowest BCUT2D eigenvalue weighted by Crippen LogP contribution is -2.37. The third-order valence-electron chi connectivity index (χ3n) is 4.98. The first-order chi connectivity index (χ1) is 11.6. The molecule has 130 valence electrons. The predicted molar refractivity (Wildman–Crippen MR) is 94.7 cm³/mol. The molecule has 1 aromatic carbocycles. The molecule has 2 saturated carbocycles. The zero-order valence-corrected chi connectivity index (χ0v) is 14.1. The molecule has 24 heavy (non-hydrogen) atoms. The van der Waals surface area contributed by atoms with E-state index in [1.807, 2.05) is 0 Å². The van der Waals surface area contributed by atoms with Crippen LogP contribution in [0.4, 0.5) is 5.69 Å². The fourth-order valence-corrected chi connectivity index (χ4v) is 3.33. The summed E-state index contributed by atoms with van der Waals surface area (Å²) in [5, 5.41) is 5.80. The van der Waals surface area contributed by atoms with Gasteiger partial charge in [0.15, 0.2) is 0 Å². The monoisotopic (exact) mass is 329 g/mol. The third kappa shape index (κ3) is 4.81. The van der Waals surface area contributed by atoms with Gasteiger partial charge in [-0.2, -0.15) is 0 Å². The van der Waals surface area contributed by atoms with Crippen LogP contribution < -0.4 is 16.4 Å². The van der Waals surface area contributed by atoms with E-state index in [-0.39, 0.29) is 11.8 Å². The normalized spacial score (nSPS) is 19.5. The van der Waals surface area contributed by atoms with Gasteiger partial charge < -0.3 is 16.4 Å². The van der Waals surface area contributed by atoms with E-state index in [1.54, 1.807) is 24.3 Å². The third-order valence-corrected chi connectivity index (χ3v) is 4.98. The molecule has 0 spiro atoms. The van der Waals surface area contributed by atoms with Gasteiger partial charge in [0, 0.05) is 17.3 Å². The molecular formula is C19H27N3O2. The molecule has 0 aliphatic heterocycles. The first-order valence-corrected chi connectivity index (χ1v) is 9.09. The minimum absolute atomic E-state index is 0.0515. The zero-order chi connectivity index (χ0) is 16.9. The average molecular weight is 329 g/mol. The maximum atomic E-state index is 12.2. The molecule has 0 bridgehead atoms. The van der Waals surface area contributed by atoms with Crippen molar-refractivity contribution < 1.29 is 9.59 Å². The number of amides is 2. The second kappa shape index (κ2) is 7.79. The summed E-state index contributed by atoms with van der Waals surface area (Å²) in [5.41, 5.74) is 7.36. The van der Waals surface area contributed by atoms with Crippen LogP contribution in [0.2, 0.25) is 0 Å². The van der Waals surface area contributed by atoms with Crippen molar-refractivity contribution in [2.75, 3.05) is 5.32 Å². The predicted octanol–water partition coefficient (Wildman–Crippen LogP) is 2.82. The van der Waals surface area contributed by atoms with E-state index in [9.17, 15) is 9.59 Å². The van der Waals surface area contributed by atoms with E-state index in [1.165, 1.54) is 32.1 Å². The molecule has 1 atom stereocenters. The molecule has 1 unspecified atom stereocenters. The fraction of sp³-hybridized carbons (Fsp3) is 0.579. The van der Waals surface area contributed by atoms with Crippen molar-refractivity contribution >= 4 is 17.5 Å². The Labute approximate surface area is 143 Å². The minimum Gasteiger partial charge on any atom is -0.349 e. The van der Waals surface area contributed by atoms with Gasteiger partial charge in [-0.1, -0.05) is 32.1 Å². The number of carbonyl (C=O) groups excluding carboxylic acids is 2. The zero-order valence-electron chi connectivity index (χ0n) is 14.1. The van der Waals surface area contributed by atoms with E-state index in [4.69, 9.17) is 5.73 Å². The summed E-state index contributed by atoms with van der Waals surface area (Å²) in [6, 6.07) is 6.86. The number of rotatable bonds is 6. The highest BCUT2D eigenvalue weighted by Crippen LogP contribution is 2.27. The van der Waals surface area contributed by atoms with Gasteiger partial charge in [0.1, 0.15) is 0 Å². The topological polar surface area (TPSA) is 84.2 Å². The van der Waals surface area contributed by atoms with Crippen molar-refractivity contribution in [1.29, 1.82) is 0 Å². The number of nitrogens with two attached hydrogens (primary N) is 1. The number of nitrogens with one attached hydrogen (secondary N) is 2. The van der Waals surface area contributed by atoms with Crippen LogP contribution >= 0.6 is 0 Å². The highest BCUT2D eigenvalue weighted by Gasteiger charge is 2.24. The smallest absolute Gasteiger partial charge is 0.251 e. The highest BCUT2D eigenvalue weighted by atomic mass is 16.2. The van der Waals surface area contributed by atoms with Gasteiger partial charge in [-0.25, -0.2) is 0 Å². The van der Waals surface area contributed by atoms with E-state index < -0.39 is 6.04 Å². The van der Waals surface area contributed by atoms with Gasteiger partial charge >= 0.3 is 0 Å². The molecule has 4 N–H and O–H groups in total. The molecule has 2 aliphatic carbocycles. The van der Waals surface area contributed by atoms with Crippen LogP contribution in [0, 0.1) is 5.92 Å². The Morgan fingerprint density at radius 2 is 1.71 bits per heavy atom. The van der Waals surface area contributed by atoms with E-state index in [0.29, 0.717) is 23.2 Å². The Balaban J connectivity index is 1.48. The SMILES string of the molecule is NC(CC1CCCCC1)C(=O)Nc1ccc(C(=O)NC2CC2)cc1. The molecule has 5 heteroatoms. The highest BCUT2D eigenvalue weighted by molar-refractivity contribution is 5.97. The molecular weight excluding hydrogens is 302 g/mol. The molecule has 2 aliphatic rings. The molecule has 2 amide bonds. The van der Waals surface area contributed by atoms with Crippen LogP contribution in [0.25, 0.3) is 0 Å². The van der Waals surface area contributed by atoms with Crippen molar-refractivity contribution in [3.8, 4) is 0 Å². The molecule has 1 aromatic rings. The van der Waals surface area contributed by atoms with E-state index in [2.05, 4.69) is 10.6 Å². The van der Waals surface area contributed by atoms with Gasteiger partial charge in [-0.05, 0) is 49.4 Å². The Bertz CT molecular complexity index is 575. The van der Waals surface area contributed by atoms with Gasteiger partial charge in [0.05, 0.1) is 6.04 Å². The summed E-state index contributed by atoms with van der Waals surface area (Å²) >= 11 is 0. The van der Waals surface area contributed by atoms with Crippen LogP contribution in [0.5, 0.6) is 0 Å². The Kier molecular flexibility index (Phi) is 5.51. The fourth-order valence-electron chi connectivity index (χ4n) is 3.33. The summed E-state index contributed by atoms with van der Waals surface area (Å²) in [4.78, 5) is 24.2. The molecule has 2 fully saturated rings. The molecule has 0 radical (unpaired) electrons. The lowest BCUT2D eigenvalue weighted by Gasteiger charge is -2.24. The van der Waals surface area contributed by atoms with Crippen molar-refractivity contribution in [3.05, 3.63) is 29.8 Å². The van der Waals surface area contributed by atoms with Crippen LogP contribution in [0.3, 0.4) is 0 Å². The van der Waals surface area contributed by atoms with Gasteiger partial charge in [0.25, 0.3) is 5.91 Å². The standard InChI is InChI=1S/C19H27N3O2/c20-17(12-13-4-2-1-3-5-13)19(24)22-15-8-6-14(7-9-15)18(23)21-16-10-11-16/h6-9,13,16-17H,1-5,10-12,20H2,(H,21,23)(H,22,24). The Morgan fingerprint density at radius 1 is 1.04 bits per heavy atom. The quantitative estimate of drug-likeness (QED) is 0.750. The number of benzene rings is 1. The maximum Gasteiger partial charge on any atom is 0.251 e. The number of hydrogen-bond acceptors (Lipinski definition) is 3. The van der Waals surface area contributed by atoms with Crippen molar-refractivity contribution in [3.63, 3.8) is 0 Å². The van der Waals surface area contributed by atoms with Gasteiger partial charge in [0.2, 0.25) is 5.91 Å². The largest absolute Gasteiger partial charge is 0.349 e. The molecule has 3 rings (SSSR count). The Morgan fingerprint density at radius 3 is 2.33 bits per heavy atom. The maximum absolute atomic E-state index is 12.2. The molecule has 0 saturated heterocycles. The summed E-state index contributed by atoms with van der Waals surface area (Å²) in [6.07, 6.45) is 9.08. The van der Waals surface area contributed by atoms with Crippen LogP contribution in [-0.2, 0) is 4.79 Å². The number of hydrogen-bond donors (Lipinski definition) is 3. The van der Waals surface area contributed by atoms with Crippen LogP contribution in [0.15, 0.2) is 24.3 Å². The van der Waals surface area contributed by atoms with Crippen molar-refractivity contribution in [2.45, 2.75) is 63.5 Å². The van der Waals surface area contributed by atoms with Crippen molar-refractivity contribution in [2.24, 2.45) is 11.7 Å². The minimum atomic E-state index is -0.467. The first-order valence-electron chi connectivity index (χ1n) is 9.09.